The van der Waals surface area contributed by atoms with Crippen molar-refractivity contribution in [2.75, 3.05) is 19.0 Å². The molecule has 1 aliphatic heterocycles. The lowest BCUT2D eigenvalue weighted by molar-refractivity contribution is 0.0600. The van der Waals surface area contributed by atoms with E-state index < -0.39 is 0 Å². The van der Waals surface area contributed by atoms with Crippen LogP contribution in [0.5, 0.6) is 0 Å². The molecule has 1 aromatic rings. The van der Waals surface area contributed by atoms with Crippen LogP contribution in [-0.2, 0) is 10.2 Å². The normalized spacial score (nSPS) is 20.3. The molecule has 1 aliphatic carbocycles. The fourth-order valence-electron chi connectivity index (χ4n) is 3.42. The molecule has 3 nitrogen and oxygen atoms in total. The van der Waals surface area contributed by atoms with Crippen LogP contribution in [0.1, 0.15) is 48.0 Å². The lowest BCUT2D eigenvalue weighted by atomic mass is 9.70. The number of rotatable bonds is 1. The molecule has 1 heterocycles. The zero-order valence-electron chi connectivity index (χ0n) is 10.8. The van der Waals surface area contributed by atoms with Crippen LogP contribution in [0.3, 0.4) is 0 Å². The van der Waals surface area contributed by atoms with Gasteiger partial charge in [-0.3, -0.25) is 0 Å². The fourth-order valence-corrected chi connectivity index (χ4v) is 3.42. The first kappa shape index (κ1) is 11.6. The molecule has 0 aromatic heterocycles. The third kappa shape index (κ3) is 1.69. The second kappa shape index (κ2) is 4.30. The van der Waals surface area contributed by atoms with Crippen LogP contribution in [0.25, 0.3) is 0 Å². The summed E-state index contributed by atoms with van der Waals surface area (Å²) in [5, 5.41) is 3.49. The van der Waals surface area contributed by atoms with Gasteiger partial charge in [0.15, 0.2) is 0 Å². The SMILES string of the molecule is COC(=O)c1ccc2c(c1)C1(CCCCC1)CN2. The van der Waals surface area contributed by atoms with Crippen LogP contribution < -0.4 is 5.32 Å². The van der Waals surface area contributed by atoms with Crippen LogP contribution in [0, 0.1) is 0 Å². The zero-order chi connectivity index (χ0) is 12.6. The van der Waals surface area contributed by atoms with Crippen molar-refractivity contribution in [2.24, 2.45) is 0 Å². The third-order valence-electron chi connectivity index (χ3n) is 4.44. The maximum absolute atomic E-state index is 11.6. The number of nitrogens with one attached hydrogen (secondary N) is 1. The molecule has 3 heteroatoms. The van der Waals surface area contributed by atoms with E-state index in [-0.39, 0.29) is 11.4 Å². The van der Waals surface area contributed by atoms with Gasteiger partial charge in [-0.15, -0.1) is 0 Å². The zero-order valence-corrected chi connectivity index (χ0v) is 10.8. The summed E-state index contributed by atoms with van der Waals surface area (Å²) in [5.74, 6) is -0.240. The number of hydrogen-bond donors (Lipinski definition) is 1. The molecule has 1 spiro atoms. The summed E-state index contributed by atoms with van der Waals surface area (Å²) in [6.07, 6.45) is 6.40. The van der Waals surface area contributed by atoms with E-state index in [2.05, 4.69) is 5.32 Å². The number of esters is 1. The van der Waals surface area contributed by atoms with Gasteiger partial charge in [-0.2, -0.15) is 0 Å². The van der Waals surface area contributed by atoms with Gasteiger partial charge in [0.05, 0.1) is 12.7 Å². The Labute approximate surface area is 108 Å². The average molecular weight is 245 g/mol. The third-order valence-corrected chi connectivity index (χ3v) is 4.44. The summed E-state index contributed by atoms with van der Waals surface area (Å²) in [4.78, 5) is 11.6. The Hall–Kier alpha value is -1.51. The maximum atomic E-state index is 11.6. The molecule has 0 bridgehead atoms. The minimum Gasteiger partial charge on any atom is -0.465 e. The average Bonchev–Trinajstić information content (AvgIpc) is 2.77. The van der Waals surface area contributed by atoms with E-state index in [0.29, 0.717) is 5.56 Å². The number of hydrogen-bond acceptors (Lipinski definition) is 3. The van der Waals surface area contributed by atoms with E-state index in [0.717, 1.165) is 6.54 Å². The van der Waals surface area contributed by atoms with Gasteiger partial charge in [0.25, 0.3) is 0 Å². The summed E-state index contributed by atoms with van der Waals surface area (Å²) in [5.41, 5.74) is 3.46. The van der Waals surface area contributed by atoms with Crippen molar-refractivity contribution in [1.82, 2.24) is 0 Å². The molecule has 1 aromatic carbocycles. The maximum Gasteiger partial charge on any atom is 0.337 e. The molecule has 96 valence electrons. The van der Waals surface area contributed by atoms with Crippen LogP contribution in [0.4, 0.5) is 5.69 Å². The first-order chi connectivity index (χ1) is 8.75. The van der Waals surface area contributed by atoms with Crippen molar-refractivity contribution in [3.05, 3.63) is 29.3 Å². The monoisotopic (exact) mass is 245 g/mol. The van der Waals surface area contributed by atoms with Crippen molar-refractivity contribution in [3.8, 4) is 0 Å². The van der Waals surface area contributed by atoms with Gasteiger partial charge < -0.3 is 10.1 Å². The lowest BCUT2D eigenvalue weighted by Gasteiger charge is -2.33. The number of carbonyl (C=O) groups is 1. The standard InChI is InChI=1S/C15H19NO2/c1-18-14(17)11-5-6-13-12(9-11)15(10-16-13)7-3-2-4-8-15/h5-6,9,16H,2-4,7-8,10H2,1H3. The summed E-state index contributed by atoms with van der Waals surface area (Å²) >= 11 is 0. The molecular formula is C15H19NO2. The van der Waals surface area contributed by atoms with Crippen molar-refractivity contribution in [2.45, 2.75) is 37.5 Å². The highest BCUT2D eigenvalue weighted by atomic mass is 16.5. The molecule has 0 amide bonds. The van der Waals surface area contributed by atoms with Crippen LogP contribution >= 0.6 is 0 Å². The van der Waals surface area contributed by atoms with Crippen molar-refractivity contribution in [3.63, 3.8) is 0 Å². The molecule has 0 radical (unpaired) electrons. The number of anilines is 1. The minimum atomic E-state index is -0.240. The molecule has 0 unspecified atom stereocenters. The highest BCUT2D eigenvalue weighted by Crippen LogP contribution is 2.46. The van der Waals surface area contributed by atoms with E-state index >= 15 is 0 Å². The quantitative estimate of drug-likeness (QED) is 0.773. The molecule has 18 heavy (non-hydrogen) atoms. The Morgan fingerprint density at radius 2 is 2.06 bits per heavy atom. The van der Waals surface area contributed by atoms with Gasteiger partial charge in [-0.05, 0) is 36.6 Å². The van der Waals surface area contributed by atoms with E-state index in [9.17, 15) is 4.79 Å². The molecule has 0 saturated heterocycles. The van der Waals surface area contributed by atoms with Gasteiger partial charge in [-0.25, -0.2) is 4.79 Å². The van der Waals surface area contributed by atoms with E-state index in [1.54, 1.807) is 0 Å². The second-order valence-electron chi connectivity index (χ2n) is 5.45. The first-order valence-electron chi connectivity index (χ1n) is 6.72. The number of ether oxygens (including phenoxy) is 1. The number of benzene rings is 1. The summed E-state index contributed by atoms with van der Waals surface area (Å²) in [6, 6.07) is 5.90. The van der Waals surface area contributed by atoms with Crippen molar-refractivity contribution >= 4 is 11.7 Å². The van der Waals surface area contributed by atoms with E-state index in [1.165, 1.54) is 50.5 Å². The van der Waals surface area contributed by atoms with Crippen molar-refractivity contribution in [1.29, 1.82) is 0 Å². The fraction of sp³-hybridized carbons (Fsp3) is 0.533. The molecule has 3 rings (SSSR count). The smallest absolute Gasteiger partial charge is 0.337 e. The topological polar surface area (TPSA) is 38.3 Å². The molecule has 0 atom stereocenters. The summed E-state index contributed by atoms with van der Waals surface area (Å²) in [7, 11) is 1.43. The Bertz CT molecular complexity index is 470. The minimum absolute atomic E-state index is 0.240. The van der Waals surface area contributed by atoms with Gasteiger partial charge >= 0.3 is 5.97 Å². The Morgan fingerprint density at radius 3 is 2.78 bits per heavy atom. The van der Waals surface area contributed by atoms with Gasteiger partial charge in [0.1, 0.15) is 0 Å². The highest BCUT2D eigenvalue weighted by molar-refractivity contribution is 5.90. The largest absolute Gasteiger partial charge is 0.465 e. The van der Waals surface area contributed by atoms with Crippen LogP contribution in [0.2, 0.25) is 0 Å². The number of carbonyl (C=O) groups excluding carboxylic acids is 1. The lowest BCUT2D eigenvalue weighted by Crippen LogP contribution is -2.31. The van der Waals surface area contributed by atoms with Crippen molar-refractivity contribution < 1.29 is 9.53 Å². The van der Waals surface area contributed by atoms with Gasteiger partial charge in [-0.1, -0.05) is 19.3 Å². The van der Waals surface area contributed by atoms with E-state index in [1.807, 2.05) is 18.2 Å². The molecule has 1 fully saturated rings. The molecular weight excluding hydrogens is 226 g/mol. The van der Waals surface area contributed by atoms with E-state index in [4.69, 9.17) is 4.74 Å². The highest BCUT2D eigenvalue weighted by Gasteiger charge is 2.39. The summed E-state index contributed by atoms with van der Waals surface area (Å²) < 4.78 is 4.81. The Kier molecular flexibility index (Phi) is 2.77. The molecule has 1 N–H and O–H groups in total. The van der Waals surface area contributed by atoms with Crippen LogP contribution in [0.15, 0.2) is 18.2 Å². The first-order valence-corrected chi connectivity index (χ1v) is 6.72. The predicted molar refractivity (Wildman–Crippen MR) is 71.0 cm³/mol. The predicted octanol–water partition coefficient (Wildman–Crippen LogP) is 3.10. The Balaban J connectivity index is 2.00. The Morgan fingerprint density at radius 1 is 1.28 bits per heavy atom. The number of methoxy groups -OCH3 is 1. The molecule has 2 aliphatic rings. The van der Waals surface area contributed by atoms with Gasteiger partial charge in [0.2, 0.25) is 0 Å². The summed E-state index contributed by atoms with van der Waals surface area (Å²) in [6.45, 7) is 1.02. The molecule has 1 saturated carbocycles. The number of fused-ring (bicyclic) bond motifs is 2. The van der Waals surface area contributed by atoms with Gasteiger partial charge in [0, 0.05) is 17.6 Å². The van der Waals surface area contributed by atoms with Crippen LogP contribution in [-0.4, -0.2) is 19.6 Å². The second-order valence-corrected chi connectivity index (χ2v) is 5.45.